The van der Waals surface area contributed by atoms with Gasteiger partial charge in [0.1, 0.15) is 36.6 Å². The Labute approximate surface area is 380 Å². The van der Waals surface area contributed by atoms with E-state index in [1.165, 1.54) is 89.5 Å². The molecule has 0 bridgehead atoms. The van der Waals surface area contributed by atoms with Gasteiger partial charge in [0.25, 0.3) is 0 Å². The van der Waals surface area contributed by atoms with E-state index in [9.17, 15) is 50.0 Å². The first kappa shape index (κ1) is 59.0. The van der Waals surface area contributed by atoms with E-state index in [-0.39, 0.29) is 6.42 Å². The number of carbonyl (C=O) groups is 1. The molecule has 1 fully saturated rings. The molecule has 63 heavy (non-hydrogen) atoms. The summed E-state index contributed by atoms with van der Waals surface area (Å²) in [6.07, 6.45) is 33.1. The summed E-state index contributed by atoms with van der Waals surface area (Å²) in [5, 5.41) is 74.5. The van der Waals surface area contributed by atoms with Crippen LogP contribution in [0.15, 0.2) is 60.8 Å². The van der Waals surface area contributed by atoms with E-state index in [1.807, 2.05) is 0 Å². The van der Waals surface area contributed by atoms with Crippen molar-refractivity contribution in [3.63, 3.8) is 0 Å². The van der Waals surface area contributed by atoms with Crippen LogP contribution in [-0.4, -0.2) is 108 Å². The number of hydrogen-bond acceptors (Lipinski definition) is 11. The quantitative estimate of drug-likeness (QED) is 0.0123. The van der Waals surface area contributed by atoms with Crippen molar-refractivity contribution in [2.45, 2.75) is 236 Å². The fourth-order valence-corrected chi connectivity index (χ4v) is 8.29. The largest absolute Gasteiger partial charge is 0.472 e. The molecule has 0 heterocycles. The van der Waals surface area contributed by atoms with Gasteiger partial charge >= 0.3 is 7.82 Å². The first-order valence-electron chi connectivity index (χ1n) is 24.3. The van der Waals surface area contributed by atoms with Crippen LogP contribution in [0.25, 0.3) is 0 Å². The Balaban J connectivity index is 2.58. The summed E-state index contributed by atoms with van der Waals surface area (Å²) in [5.41, 5.74) is 0. The summed E-state index contributed by atoms with van der Waals surface area (Å²) < 4.78 is 22.9. The highest BCUT2D eigenvalue weighted by Gasteiger charge is 2.51. The Kier molecular flexibility index (Phi) is 35.7. The van der Waals surface area contributed by atoms with Crippen LogP contribution in [0, 0.1) is 0 Å². The maximum atomic E-state index is 13.0. The molecule has 0 aromatic carbocycles. The second-order valence-corrected chi connectivity index (χ2v) is 18.6. The second kappa shape index (κ2) is 38.1. The summed E-state index contributed by atoms with van der Waals surface area (Å²) in [5.74, 6) is -0.621. The standard InChI is InChI=1S/C49H88NO12P/c1-3-5-7-9-11-13-15-17-18-19-20-21-22-23-25-27-29-31-33-35-37-42(52)41(39-61-63(59,60)62-49-47(57)45(55)44(54)46(56)48(49)58)50-43(53)38-40(51)36-34-32-30-28-26-24-16-14-12-10-8-6-4-2/h12,14,16,21-22,24,27,29,35,37,40-42,44-49,51-52,54-58H,3-11,13,15,17-20,23,25-26,28,30-34,36,38-39H2,1-2H3,(H,50,53)(H,59,60)/b14-12-,22-21+,24-16-,29-27+,37-35+. The molecule has 0 saturated heterocycles. The number of aliphatic hydroxyl groups excluding tert-OH is 7. The average Bonchev–Trinajstić information content (AvgIpc) is 3.26. The molecule has 8 unspecified atom stereocenters. The molecule has 0 aliphatic heterocycles. The number of phosphoric ester groups is 1. The Morgan fingerprint density at radius 1 is 0.571 bits per heavy atom. The monoisotopic (exact) mass is 914 g/mol. The van der Waals surface area contributed by atoms with E-state index in [0.29, 0.717) is 19.3 Å². The Morgan fingerprint density at radius 3 is 1.52 bits per heavy atom. The van der Waals surface area contributed by atoms with E-state index in [1.54, 1.807) is 6.08 Å². The average molecular weight is 914 g/mol. The lowest BCUT2D eigenvalue weighted by Gasteiger charge is -2.41. The lowest BCUT2D eigenvalue weighted by Crippen LogP contribution is -2.64. The smallest absolute Gasteiger partial charge is 0.393 e. The van der Waals surface area contributed by atoms with Crippen LogP contribution in [0.5, 0.6) is 0 Å². The zero-order chi connectivity index (χ0) is 46.6. The highest BCUT2D eigenvalue weighted by atomic mass is 31.2. The van der Waals surface area contributed by atoms with Gasteiger partial charge in [-0.3, -0.25) is 13.8 Å². The minimum absolute atomic E-state index is 0.272. The molecule has 13 nitrogen and oxygen atoms in total. The minimum Gasteiger partial charge on any atom is -0.393 e. The molecule has 0 aromatic rings. The molecule has 1 amide bonds. The van der Waals surface area contributed by atoms with Crippen molar-refractivity contribution in [1.29, 1.82) is 0 Å². The SMILES string of the molecule is CCCCC/C=C\C=C/CCCCCCC(O)CC(=O)NC(COP(=O)(O)OC1C(O)C(O)C(O)C(O)C1O)C(O)/C=C/CC/C=C/CC/C=C/CCCCCCCCCCCC. The van der Waals surface area contributed by atoms with Gasteiger partial charge in [0.15, 0.2) is 0 Å². The van der Waals surface area contributed by atoms with Gasteiger partial charge in [-0.2, -0.15) is 0 Å². The lowest BCUT2D eigenvalue weighted by atomic mass is 9.85. The summed E-state index contributed by atoms with van der Waals surface area (Å²) in [7, 11) is -5.16. The Morgan fingerprint density at radius 2 is 0.984 bits per heavy atom. The topological polar surface area (TPSA) is 226 Å². The number of allylic oxidation sites excluding steroid dienone is 9. The maximum absolute atomic E-state index is 13.0. The first-order valence-corrected chi connectivity index (χ1v) is 25.8. The zero-order valence-corrected chi connectivity index (χ0v) is 39.6. The van der Waals surface area contributed by atoms with Crippen molar-refractivity contribution in [2.24, 2.45) is 0 Å². The van der Waals surface area contributed by atoms with Crippen LogP contribution < -0.4 is 5.32 Å². The number of carbonyl (C=O) groups excluding carboxylic acids is 1. The lowest BCUT2D eigenvalue weighted by molar-refractivity contribution is -0.220. The molecule has 9 N–H and O–H groups in total. The predicted octanol–water partition coefficient (Wildman–Crippen LogP) is 8.48. The molecule has 1 saturated carbocycles. The zero-order valence-electron chi connectivity index (χ0n) is 38.7. The first-order chi connectivity index (χ1) is 30.3. The van der Waals surface area contributed by atoms with E-state index in [2.05, 4.69) is 67.8 Å². The molecule has 0 radical (unpaired) electrons. The second-order valence-electron chi connectivity index (χ2n) is 17.1. The van der Waals surface area contributed by atoms with Gasteiger partial charge < -0.3 is 46.0 Å². The van der Waals surface area contributed by atoms with Gasteiger partial charge in [0, 0.05) is 0 Å². The molecular formula is C49H88NO12P. The predicted molar refractivity (Wildman–Crippen MR) is 252 cm³/mol. The van der Waals surface area contributed by atoms with Crippen molar-refractivity contribution >= 4 is 13.7 Å². The summed E-state index contributed by atoms with van der Waals surface area (Å²) in [4.78, 5) is 23.4. The van der Waals surface area contributed by atoms with Crippen molar-refractivity contribution in [2.75, 3.05) is 6.61 Å². The Hall–Kier alpha value is -2.00. The van der Waals surface area contributed by atoms with Gasteiger partial charge in [0.2, 0.25) is 5.91 Å². The molecule has 14 heteroatoms. The minimum atomic E-state index is -5.16. The van der Waals surface area contributed by atoms with Crippen LogP contribution >= 0.6 is 7.82 Å². The number of aliphatic hydroxyl groups is 7. The number of unbranched alkanes of at least 4 members (excludes halogenated alkanes) is 19. The molecular weight excluding hydrogens is 826 g/mol. The molecule has 1 rings (SSSR count). The van der Waals surface area contributed by atoms with E-state index < -0.39 is 75.2 Å². The number of nitrogens with one attached hydrogen (secondary N) is 1. The van der Waals surface area contributed by atoms with Crippen LogP contribution in [0.2, 0.25) is 0 Å². The normalized spacial score (nSPS) is 23.4. The number of phosphoric acid groups is 1. The molecule has 8 atom stereocenters. The maximum Gasteiger partial charge on any atom is 0.472 e. The Bertz CT molecular complexity index is 1310. The molecule has 1 aliphatic rings. The van der Waals surface area contributed by atoms with Crippen LogP contribution in [0.3, 0.4) is 0 Å². The third-order valence-corrected chi connectivity index (χ3v) is 12.3. The number of rotatable bonds is 39. The van der Waals surface area contributed by atoms with Gasteiger partial charge in [-0.05, 0) is 70.6 Å². The number of amides is 1. The summed E-state index contributed by atoms with van der Waals surface area (Å²) in [6.45, 7) is 3.68. The van der Waals surface area contributed by atoms with E-state index in [0.717, 1.165) is 57.8 Å². The fraction of sp³-hybridized carbons (Fsp3) is 0.776. The van der Waals surface area contributed by atoms with Gasteiger partial charge in [-0.25, -0.2) is 4.57 Å². The number of hydrogen-bond donors (Lipinski definition) is 9. The van der Waals surface area contributed by atoms with E-state index >= 15 is 0 Å². The summed E-state index contributed by atoms with van der Waals surface area (Å²) >= 11 is 0. The molecule has 0 spiro atoms. The van der Waals surface area contributed by atoms with Gasteiger partial charge in [-0.15, -0.1) is 0 Å². The van der Waals surface area contributed by atoms with Crippen LogP contribution in [0.4, 0.5) is 0 Å². The van der Waals surface area contributed by atoms with Crippen molar-refractivity contribution in [3.05, 3.63) is 60.8 Å². The summed E-state index contributed by atoms with van der Waals surface area (Å²) in [6, 6.07) is -1.27. The highest BCUT2D eigenvalue weighted by molar-refractivity contribution is 7.47. The molecule has 366 valence electrons. The third-order valence-electron chi connectivity index (χ3n) is 11.3. The van der Waals surface area contributed by atoms with Crippen molar-refractivity contribution in [3.8, 4) is 0 Å². The van der Waals surface area contributed by atoms with Crippen LogP contribution in [0.1, 0.15) is 181 Å². The van der Waals surface area contributed by atoms with Crippen LogP contribution in [-0.2, 0) is 18.4 Å². The van der Waals surface area contributed by atoms with Gasteiger partial charge in [-0.1, -0.05) is 164 Å². The molecule has 1 aliphatic carbocycles. The third kappa shape index (κ3) is 30.0. The van der Waals surface area contributed by atoms with Crippen molar-refractivity contribution < 1.29 is 59.0 Å². The fourth-order valence-electron chi connectivity index (χ4n) is 7.32. The molecule has 0 aromatic heterocycles. The highest BCUT2D eigenvalue weighted by Crippen LogP contribution is 2.47. The van der Waals surface area contributed by atoms with Gasteiger partial charge in [0.05, 0.1) is 31.3 Å². The van der Waals surface area contributed by atoms with E-state index in [4.69, 9.17) is 9.05 Å². The van der Waals surface area contributed by atoms with Crippen molar-refractivity contribution in [1.82, 2.24) is 5.32 Å².